The van der Waals surface area contributed by atoms with Crippen LogP contribution in [0.2, 0.25) is 5.02 Å². The molecule has 1 saturated carbocycles. The first kappa shape index (κ1) is 16.9. The second-order valence-corrected chi connectivity index (χ2v) is 7.06. The Hall–Kier alpha value is -2.53. The van der Waals surface area contributed by atoms with Gasteiger partial charge in [-0.15, -0.1) is 0 Å². The van der Waals surface area contributed by atoms with Gasteiger partial charge in [-0.25, -0.2) is 4.68 Å². The molecule has 0 bridgehead atoms. The number of carbonyl (C=O) groups is 1. The van der Waals surface area contributed by atoms with Gasteiger partial charge in [0.25, 0.3) is 5.91 Å². The Morgan fingerprint density at radius 3 is 2.92 bits per heavy atom. The molecule has 0 radical (unpaired) electrons. The summed E-state index contributed by atoms with van der Waals surface area (Å²) in [4.78, 5) is 12.7. The number of aryl methyl sites for hydroxylation is 1. The number of aromatic nitrogens is 2. The molecule has 6 heteroatoms. The van der Waals surface area contributed by atoms with Crippen molar-refractivity contribution >= 4 is 17.5 Å². The molecule has 1 aliphatic carbocycles. The first-order chi connectivity index (χ1) is 12.6. The van der Waals surface area contributed by atoms with Crippen LogP contribution in [-0.2, 0) is 6.42 Å². The highest BCUT2D eigenvalue weighted by Crippen LogP contribution is 2.42. The third kappa shape index (κ3) is 3.40. The number of rotatable bonds is 6. The summed E-state index contributed by atoms with van der Waals surface area (Å²) in [6.07, 6.45) is 6.12. The zero-order valence-electron chi connectivity index (χ0n) is 14.5. The largest absolute Gasteiger partial charge is 0.469 e. The van der Waals surface area contributed by atoms with Gasteiger partial charge in [0.2, 0.25) is 0 Å². The molecule has 5 nitrogen and oxygen atoms in total. The van der Waals surface area contributed by atoms with E-state index in [4.69, 9.17) is 16.0 Å². The van der Waals surface area contributed by atoms with Crippen LogP contribution in [0, 0.1) is 6.92 Å². The van der Waals surface area contributed by atoms with Gasteiger partial charge in [-0.1, -0.05) is 17.7 Å². The van der Waals surface area contributed by atoms with Crippen LogP contribution in [0.3, 0.4) is 0 Å². The summed E-state index contributed by atoms with van der Waals surface area (Å²) in [5, 5.41) is 8.14. The molecular formula is C20H20ClN3O2. The zero-order valence-corrected chi connectivity index (χ0v) is 15.3. The molecule has 134 valence electrons. The zero-order chi connectivity index (χ0) is 18.1. The minimum Gasteiger partial charge on any atom is -0.469 e. The molecule has 1 amide bonds. The monoisotopic (exact) mass is 369 g/mol. The summed E-state index contributed by atoms with van der Waals surface area (Å²) in [7, 11) is 0. The maximum atomic E-state index is 12.7. The Bertz CT molecular complexity index is 927. The van der Waals surface area contributed by atoms with Gasteiger partial charge in [-0.05, 0) is 49.6 Å². The van der Waals surface area contributed by atoms with Crippen molar-refractivity contribution in [3.8, 4) is 5.69 Å². The van der Waals surface area contributed by atoms with Crippen molar-refractivity contribution in [1.29, 1.82) is 0 Å². The molecule has 0 spiro atoms. The smallest absolute Gasteiger partial charge is 0.254 e. The predicted octanol–water partition coefficient (Wildman–Crippen LogP) is 4.28. The Balaban J connectivity index is 1.55. The van der Waals surface area contributed by atoms with E-state index in [2.05, 4.69) is 10.4 Å². The van der Waals surface area contributed by atoms with Crippen LogP contribution in [0.4, 0.5) is 0 Å². The van der Waals surface area contributed by atoms with Crippen molar-refractivity contribution in [3.63, 3.8) is 0 Å². The Morgan fingerprint density at radius 2 is 2.23 bits per heavy atom. The maximum Gasteiger partial charge on any atom is 0.254 e. The van der Waals surface area contributed by atoms with Gasteiger partial charge in [0.15, 0.2) is 0 Å². The Kier molecular flexibility index (Phi) is 4.55. The van der Waals surface area contributed by atoms with E-state index >= 15 is 0 Å². The summed E-state index contributed by atoms with van der Waals surface area (Å²) >= 11 is 6.27. The van der Waals surface area contributed by atoms with Gasteiger partial charge in [-0.3, -0.25) is 4.79 Å². The van der Waals surface area contributed by atoms with E-state index in [0.717, 1.165) is 35.5 Å². The van der Waals surface area contributed by atoms with E-state index in [1.807, 2.05) is 41.9 Å². The number of nitrogens with one attached hydrogen (secondary N) is 1. The van der Waals surface area contributed by atoms with Crippen LogP contribution < -0.4 is 5.32 Å². The average Bonchev–Trinajstić information content (AvgIpc) is 3.16. The standard InChI is InChI=1S/C20H20ClN3O2/c1-13-4-7-15(11-18(13)21)24-19(14-5-6-14)17(12-23-24)20(25)22-9-8-16-3-2-10-26-16/h2-4,7,10-12,14H,5-6,8-9H2,1H3,(H,22,25). The first-order valence-corrected chi connectivity index (χ1v) is 9.16. The average molecular weight is 370 g/mol. The minimum atomic E-state index is -0.0945. The van der Waals surface area contributed by atoms with Crippen LogP contribution in [0.1, 0.15) is 46.1 Å². The highest BCUT2D eigenvalue weighted by molar-refractivity contribution is 6.31. The van der Waals surface area contributed by atoms with Crippen LogP contribution in [-0.4, -0.2) is 22.2 Å². The van der Waals surface area contributed by atoms with Crippen molar-refractivity contribution in [1.82, 2.24) is 15.1 Å². The molecule has 0 unspecified atom stereocenters. The van der Waals surface area contributed by atoms with E-state index in [1.54, 1.807) is 12.5 Å². The second-order valence-electron chi connectivity index (χ2n) is 6.65. The van der Waals surface area contributed by atoms with Crippen molar-refractivity contribution in [2.75, 3.05) is 6.54 Å². The first-order valence-electron chi connectivity index (χ1n) is 8.78. The van der Waals surface area contributed by atoms with Gasteiger partial charge in [0.05, 0.1) is 29.4 Å². The molecule has 1 aliphatic rings. The molecule has 0 aliphatic heterocycles. The SMILES string of the molecule is Cc1ccc(-n2ncc(C(=O)NCCc3ccco3)c2C2CC2)cc1Cl. The topological polar surface area (TPSA) is 60.1 Å². The van der Waals surface area contributed by atoms with Gasteiger partial charge in [-0.2, -0.15) is 5.10 Å². The number of hydrogen-bond acceptors (Lipinski definition) is 3. The highest BCUT2D eigenvalue weighted by atomic mass is 35.5. The highest BCUT2D eigenvalue weighted by Gasteiger charge is 2.32. The lowest BCUT2D eigenvalue weighted by atomic mass is 10.1. The molecule has 2 heterocycles. The number of benzene rings is 1. The third-order valence-electron chi connectivity index (χ3n) is 4.65. The molecule has 0 atom stereocenters. The molecule has 0 saturated heterocycles. The van der Waals surface area contributed by atoms with Crippen LogP contribution >= 0.6 is 11.6 Å². The van der Waals surface area contributed by atoms with E-state index in [-0.39, 0.29) is 5.91 Å². The summed E-state index contributed by atoms with van der Waals surface area (Å²) in [6.45, 7) is 2.49. The Morgan fingerprint density at radius 1 is 1.38 bits per heavy atom. The fourth-order valence-electron chi connectivity index (χ4n) is 3.05. The molecule has 1 N–H and O–H groups in total. The summed E-state index contributed by atoms with van der Waals surface area (Å²) in [6, 6.07) is 9.60. The lowest BCUT2D eigenvalue weighted by molar-refractivity contribution is 0.0952. The van der Waals surface area contributed by atoms with Crippen molar-refractivity contribution in [3.05, 3.63) is 70.4 Å². The fourth-order valence-corrected chi connectivity index (χ4v) is 3.23. The van der Waals surface area contributed by atoms with Crippen molar-refractivity contribution < 1.29 is 9.21 Å². The van der Waals surface area contributed by atoms with Gasteiger partial charge < -0.3 is 9.73 Å². The molecule has 4 rings (SSSR count). The fraction of sp³-hybridized carbons (Fsp3) is 0.300. The summed E-state index contributed by atoms with van der Waals surface area (Å²) in [5.41, 5.74) is 3.52. The van der Waals surface area contributed by atoms with Gasteiger partial charge in [0.1, 0.15) is 5.76 Å². The lowest BCUT2D eigenvalue weighted by Gasteiger charge is -2.10. The third-order valence-corrected chi connectivity index (χ3v) is 5.06. The van der Waals surface area contributed by atoms with Gasteiger partial charge in [0, 0.05) is 23.9 Å². The number of amides is 1. The normalized spacial score (nSPS) is 13.8. The summed E-state index contributed by atoms with van der Waals surface area (Å²) < 4.78 is 7.15. The van der Waals surface area contributed by atoms with E-state index in [9.17, 15) is 4.79 Å². The van der Waals surface area contributed by atoms with Crippen LogP contribution in [0.15, 0.2) is 47.2 Å². The molecule has 1 fully saturated rings. The number of furan rings is 1. The minimum absolute atomic E-state index is 0.0945. The number of carbonyl (C=O) groups excluding carboxylic acids is 1. The second kappa shape index (κ2) is 7.00. The number of halogens is 1. The predicted molar refractivity (Wildman–Crippen MR) is 100 cm³/mol. The maximum absolute atomic E-state index is 12.7. The van der Waals surface area contributed by atoms with E-state index in [0.29, 0.717) is 29.5 Å². The van der Waals surface area contributed by atoms with Crippen LogP contribution in [0.5, 0.6) is 0 Å². The molecular weight excluding hydrogens is 350 g/mol. The number of hydrogen-bond donors (Lipinski definition) is 1. The van der Waals surface area contributed by atoms with Crippen molar-refractivity contribution in [2.45, 2.75) is 32.1 Å². The number of nitrogens with zero attached hydrogens (tertiary/aromatic N) is 2. The van der Waals surface area contributed by atoms with E-state index < -0.39 is 0 Å². The Labute approximate surface area is 157 Å². The molecule has 2 aromatic heterocycles. The quantitative estimate of drug-likeness (QED) is 0.705. The van der Waals surface area contributed by atoms with Crippen LogP contribution in [0.25, 0.3) is 5.69 Å². The van der Waals surface area contributed by atoms with Gasteiger partial charge >= 0.3 is 0 Å². The lowest BCUT2D eigenvalue weighted by Crippen LogP contribution is -2.26. The molecule has 26 heavy (non-hydrogen) atoms. The van der Waals surface area contributed by atoms with E-state index in [1.165, 1.54) is 0 Å². The van der Waals surface area contributed by atoms with Crippen molar-refractivity contribution in [2.24, 2.45) is 0 Å². The molecule has 3 aromatic rings. The summed E-state index contributed by atoms with van der Waals surface area (Å²) in [5.74, 6) is 1.14. The molecule has 1 aromatic carbocycles.